The molecular weight excluding hydrogens is 270 g/mol. The molecule has 0 spiro atoms. The Morgan fingerprint density at radius 1 is 1.38 bits per heavy atom. The molecule has 2 heterocycles. The summed E-state index contributed by atoms with van der Waals surface area (Å²) in [5.74, 6) is 1.60. The third-order valence-electron chi connectivity index (χ3n) is 2.10. The van der Waals surface area contributed by atoms with Crippen LogP contribution < -0.4 is 5.32 Å². The van der Waals surface area contributed by atoms with E-state index in [9.17, 15) is 0 Å². The van der Waals surface area contributed by atoms with Crippen molar-refractivity contribution in [2.45, 2.75) is 19.9 Å². The summed E-state index contributed by atoms with van der Waals surface area (Å²) in [5, 5.41) is 3.19. The van der Waals surface area contributed by atoms with E-state index in [1.807, 2.05) is 13.0 Å². The second-order valence-corrected chi connectivity index (χ2v) is 4.23. The second kappa shape index (κ2) is 5.12. The van der Waals surface area contributed by atoms with E-state index < -0.39 is 0 Å². The van der Waals surface area contributed by atoms with Gasteiger partial charge in [-0.15, -0.1) is 0 Å². The number of pyridine rings is 1. The highest BCUT2D eigenvalue weighted by Crippen LogP contribution is 2.14. The number of hydrogen-bond acceptors (Lipinski definition) is 4. The summed E-state index contributed by atoms with van der Waals surface area (Å²) in [6, 6.07) is 1.96. The van der Waals surface area contributed by atoms with E-state index in [0.29, 0.717) is 12.4 Å². The highest BCUT2D eigenvalue weighted by Gasteiger charge is 2.02. The van der Waals surface area contributed by atoms with Crippen molar-refractivity contribution in [2.24, 2.45) is 0 Å². The molecule has 5 heteroatoms. The zero-order valence-corrected chi connectivity index (χ0v) is 10.5. The van der Waals surface area contributed by atoms with Crippen molar-refractivity contribution in [3.05, 3.63) is 40.8 Å². The molecule has 0 amide bonds. The van der Waals surface area contributed by atoms with Gasteiger partial charge in [0.15, 0.2) is 0 Å². The Bertz CT molecular complexity index is 470. The molecule has 0 aromatic carbocycles. The minimum absolute atomic E-state index is 0.568. The monoisotopic (exact) mass is 281 g/mol. The van der Waals surface area contributed by atoms with Gasteiger partial charge in [-0.05, 0) is 22.0 Å². The largest absolute Gasteiger partial charge is 0.444 e. The van der Waals surface area contributed by atoms with Crippen LogP contribution in [0.3, 0.4) is 0 Å². The first kappa shape index (κ1) is 11.1. The molecule has 16 heavy (non-hydrogen) atoms. The molecule has 84 valence electrons. The summed E-state index contributed by atoms with van der Waals surface area (Å²) in [5.41, 5.74) is 0.936. The third kappa shape index (κ3) is 2.82. The highest BCUT2D eigenvalue weighted by molar-refractivity contribution is 9.10. The minimum atomic E-state index is 0.568. The molecule has 2 aromatic heterocycles. The Labute approximate surface area is 102 Å². The van der Waals surface area contributed by atoms with Gasteiger partial charge < -0.3 is 9.73 Å². The summed E-state index contributed by atoms with van der Waals surface area (Å²) in [4.78, 5) is 8.22. The van der Waals surface area contributed by atoms with Gasteiger partial charge in [-0.25, -0.2) is 4.98 Å². The summed E-state index contributed by atoms with van der Waals surface area (Å²) in [6.07, 6.45) is 6.13. The number of rotatable bonds is 4. The van der Waals surface area contributed by atoms with E-state index in [1.54, 1.807) is 18.6 Å². The van der Waals surface area contributed by atoms with Gasteiger partial charge in [-0.3, -0.25) is 4.98 Å². The SMILES string of the molecule is CCc1cnc(CNc2cncc(Br)c2)o1. The first-order valence-electron chi connectivity index (χ1n) is 5.06. The fourth-order valence-electron chi connectivity index (χ4n) is 1.28. The van der Waals surface area contributed by atoms with Crippen molar-refractivity contribution in [3.8, 4) is 0 Å². The molecule has 0 bridgehead atoms. The molecule has 2 rings (SSSR count). The van der Waals surface area contributed by atoms with Crippen LogP contribution in [0.5, 0.6) is 0 Å². The molecule has 0 atom stereocenters. The molecule has 0 aliphatic heterocycles. The third-order valence-corrected chi connectivity index (χ3v) is 2.53. The molecule has 4 nitrogen and oxygen atoms in total. The summed E-state index contributed by atoms with van der Waals surface area (Å²) in [6.45, 7) is 2.61. The van der Waals surface area contributed by atoms with E-state index in [-0.39, 0.29) is 0 Å². The number of nitrogens with zero attached hydrogens (tertiary/aromatic N) is 2. The summed E-state index contributed by atoms with van der Waals surface area (Å²) >= 11 is 3.36. The molecule has 0 saturated heterocycles. The number of halogens is 1. The lowest BCUT2D eigenvalue weighted by Gasteiger charge is -2.02. The standard InChI is InChI=1S/C11H12BrN3O/c1-2-10-6-15-11(16-10)7-14-9-3-8(12)4-13-5-9/h3-6,14H,2,7H2,1H3. The van der Waals surface area contributed by atoms with Crippen molar-refractivity contribution in [1.82, 2.24) is 9.97 Å². The molecule has 0 fully saturated rings. The Balaban J connectivity index is 1.96. The molecule has 2 aromatic rings. The van der Waals surface area contributed by atoms with Crippen molar-refractivity contribution in [3.63, 3.8) is 0 Å². The van der Waals surface area contributed by atoms with Crippen LogP contribution in [0.15, 0.2) is 33.5 Å². The van der Waals surface area contributed by atoms with Crippen molar-refractivity contribution < 1.29 is 4.42 Å². The van der Waals surface area contributed by atoms with Gasteiger partial charge in [0, 0.05) is 17.1 Å². The fraction of sp³-hybridized carbons (Fsp3) is 0.273. The maximum Gasteiger partial charge on any atom is 0.213 e. The van der Waals surface area contributed by atoms with Crippen LogP contribution in [-0.4, -0.2) is 9.97 Å². The second-order valence-electron chi connectivity index (χ2n) is 3.32. The summed E-state index contributed by atoms with van der Waals surface area (Å²) < 4.78 is 6.42. The smallest absolute Gasteiger partial charge is 0.213 e. The molecule has 1 N–H and O–H groups in total. The van der Waals surface area contributed by atoms with Gasteiger partial charge in [0.05, 0.1) is 24.6 Å². The van der Waals surface area contributed by atoms with Crippen LogP contribution in [-0.2, 0) is 13.0 Å². The van der Waals surface area contributed by atoms with Gasteiger partial charge in [0.1, 0.15) is 5.76 Å². The molecular formula is C11H12BrN3O. The minimum Gasteiger partial charge on any atom is -0.444 e. The van der Waals surface area contributed by atoms with E-state index >= 15 is 0 Å². The van der Waals surface area contributed by atoms with Gasteiger partial charge >= 0.3 is 0 Å². The lowest BCUT2D eigenvalue weighted by atomic mass is 10.4. The fourth-order valence-corrected chi connectivity index (χ4v) is 1.64. The number of anilines is 1. The van der Waals surface area contributed by atoms with Crippen LogP contribution in [0.2, 0.25) is 0 Å². The molecule has 0 aliphatic carbocycles. The zero-order valence-electron chi connectivity index (χ0n) is 8.90. The average Bonchev–Trinajstić information content (AvgIpc) is 2.74. The van der Waals surface area contributed by atoms with Crippen molar-refractivity contribution >= 4 is 21.6 Å². The Morgan fingerprint density at radius 3 is 2.94 bits per heavy atom. The van der Waals surface area contributed by atoms with Crippen LogP contribution in [0.1, 0.15) is 18.6 Å². The lowest BCUT2D eigenvalue weighted by molar-refractivity contribution is 0.466. The van der Waals surface area contributed by atoms with Gasteiger partial charge in [-0.2, -0.15) is 0 Å². The molecule has 0 unspecified atom stereocenters. The first-order valence-corrected chi connectivity index (χ1v) is 5.85. The Morgan fingerprint density at radius 2 is 2.25 bits per heavy atom. The Kier molecular flexibility index (Phi) is 3.56. The number of nitrogens with one attached hydrogen (secondary N) is 1. The number of oxazole rings is 1. The highest BCUT2D eigenvalue weighted by atomic mass is 79.9. The van der Waals surface area contributed by atoms with E-state index in [0.717, 1.165) is 22.3 Å². The van der Waals surface area contributed by atoms with Gasteiger partial charge in [-0.1, -0.05) is 6.92 Å². The van der Waals surface area contributed by atoms with Crippen molar-refractivity contribution in [2.75, 3.05) is 5.32 Å². The first-order chi connectivity index (χ1) is 7.78. The van der Waals surface area contributed by atoms with Crippen LogP contribution in [0.4, 0.5) is 5.69 Å². The predicted molar refractivity (Wildman–Crippen MR) is 65.1 cm³/mol. The normalized spacial score (nSPS) is 10.4. The maximum absolute atomic E-state index is 5.48. The molecule has 0 aliphatic rings. The molecule has 0 saturated carbocycles. The van der Waals surface area contributed by atoms with Gasteiger partial charge in [0.25, 0.3) is 0 Å². The van der Waals surface area contributed by atoms with Gasteiger partial charge in [0.2, 0.25) is 5.89 Å². The number of hydrogen-bond donors (Lipinski definition) is 1. The van der Waals surface area contributed by atoms with Crippen LogP contribution in [0.25, 0.3) is 0 Å². The number of aromatic nitrogens is 2. The van der Waals surface area contributed by atoms with Crippen LogP contribution in [0, 0.1) is 0 Å². The van der Waals surface area contributed by atoms with E-state index in [1.165, 1.54) is 0 Å². The summed E-state index contributed by atoms with van der Waals surface area (Å²) in [7, 11) is 0. The van der Waals surface area contributed by atoms with E-state index in [2.05, 4.69) is 31.2 Å². The average molecular weight is 282 g/mol. The Hall–Kier alpha value is -1.36. The quantitative estimate of drug-likeness (QED) is 0.936. The lowest BCUT2D eigenvalue weighted by Crippen LogP contribution is -1.99. The van der Waals surface area contributed by atoms with Crippen molar-refractivity contribution in [1.29, 1.82) is 0 Å². The number of aryl methyl sites for hydroxylation is 1. The van der Waals surface area contributed by atoms with E-state index in [4.69, 9.17) is 4.42 Å². The maximum atomic E-state index is 5.48. The predicted octanol–water partition coefficient (Wildman–Crippen LogP) is 3.01. The zero-order chi connectivity index (χ0) is 11.4. The molecule has 0 radical (unpaired) electrons. The topological polar surface area (TPSA) is 51.0 Å². The van der Waals surface area contributed by atoms with Crippen LogP contribution >= 0.6 is 15.9 Å².